The summed E-state index contributed by atoms with van der Waals surface area (Å²) in [6.07, 6.45) is 4.61. The van der Waals surface area contributed by atoms with Crippen LogP contribution in [0.25, 0.3) is 0 Å². The third-order valence-electron chi connectivity index (χ3n) is 7.28. The zero-order valence-electron chi connectivity index (χ0n) is 18.6. The van der Waals surface area contributed by atoms with Gasteiger partial charge in [-0.1, -0.05) is 36.8 Å². The molecule has 1 spiro atoms. The minimum atomic E-state index is -0.708. The second-order valence-corrected chi connectivity index (χ2v) is 9.02. The second kappa shape index (κ2) is 8.49. The van der Waals surface area contributed by atoms with Gasteiger partial charge in [0.05, 0.1) is 18.4 Å². The zero-order chi connectivity index (χ0) is 22.1. The standard InChI is InChI=1S/C26H30N2O4/c1-31-22-12-6-5-11-21(22)27-15-17-28(18-16-27)24(29)23-19-9-3-4-10-20(19)25(30)32-26(23)13-7-2-8-14-26/h3-6,9-12,23H,2,7-8,13-18H2,1H3. The minimum Gasteiger partial charge on any atom is -0.495 e. The normalized spacial score (nSPS) is 22.3. The van der Waals surface area contributed by atoms with Crippen LogP contribution in [0.15, 0.2) is 48.5 Å². The van der Waals surface area contributed by atoms with E-state index in [9.17, 15) is 9.59 Å². The molecule has 2 heterocycles. The van der Waals surface area contributed by atoms with E-state index in [1.165, 1.54) is 0 Å². The highest BCUT2D eigenvalue weighted by atomic mass is 16.6. The fourth-order valence-corrected chi connectivity index (χ4v) is 5.66. The monoisotopic (exact) mass is 434 g/mol. The molecular formula is C26H30N2O4. The number of hydrogen-bond acceptors (Lipinski definition) is 5. The molecule has 0 bridgehead atoms. The van der Waals surface area contributed by atoms with Crippen LogP contribution in [-0.4, -0.2) is 55.7 Å². The summed E-state index contributed by atoms with van der Waals surface area (Å²) in [5.41, 5.74) is 1.72. The third kappa shape index (κ3) is 3.51. The minimum absolute atomic E-state index is 0.0894. The Labute approximate surface area is 189 Å². The van der Waals surface area contributed by atoms with Gasteiger partial charge in [0.15, 0.2) is 0 Å². The third-order valence-corrected chi connectivity index (χ3v) is 7.28. The predicted octanol–water partition coefficient (Wildman–Crippen LogP) is 4.00. The molecule has 3 aliphatic rings. The van der Waals surface area contributed by atoms with Gasteiger partial charge in [-0.3, -0.25) is 4.79 Å². The van der Waals surface area contributed by atoms with Gasteiger partial charge < -0.3 is 19.3 Å². The van der Waals surface area contributed by atoms with Crippen molar-refractivity contribution in [1.29, 1.82) is 0 Å². The molecule has 5 rings (SSSR count). The molecule has 0 N–H and O–H groups in total. The van der Waals surface area contributed by atoms with Gasteiger partial charge in [-0.2, -0.15) is 0 Å². The van der Waals surface area contributed by atoms with E-state index >= 15 is 0 Å². The summed E-state index contributed by atoms with van der Waals surface area (Å²) >= 11 is 0. The van der Waals surface area contributed by atoms with Crippen molar-refractivity contribution in [3.8, 4) is 5.75 Å². The van der Waals surface area contributed by atoms with E-state index in [0.717, 1.165) is 62.2 Å². The number of anilines is 1. The van der Waals surface area contributed by atoms with Crippen molar-refractivity contribution in [1.82, 2.24) is 4.90 Å². The van der Waals surface area contributed by atoms with Crippen LogP contribution in [0, 0.1) is 0 Å². The molecule has 1 amide bonds. The lowest BCUT2D eigenvalue weighted by Gasteiger charge is -2.47. The van der Waals surface area contributed by atoms with Crippen molar-refractivity contribution in [2.75, 3.05) is 38.2 Å². The number of methoxy groups -OCH3 is 1. The molecule has 1 saturated heterocycles. The fraction of sp³-hybridized carbons (Fsp3) is 0.462. The summed E-state index contributed by atoms with van der Waals surface area (Å²) in [6, 6.07) is 15.5. The summed E-state index contributed by atoms with van der Waals surface area (Å²) in [4.78, 5) is 31.0. The van der Waals surface area contributed by atoms with E-state index in [0.29, 0.717) is 18.7 Å². The molecule has 2 aromatic rings. The first-order valence-corrected chi connectivity index (χ1v) is 11.6. The first-order chi connectivity index (χ1) is 15.6. The number of benzene rings is 2. The fourth-order valence-electron chi connectivity index (χ4n) is 5.66. The molecule has 1 unspecified atom stereocenters. The Balaban J connectivity index is 1.40. The van der Waals surface area contributed by atoms with Crippen LogP contribution in [0.4, 0.5) is 5.69 Å². The first-order valence-electron chi connectivity index (χ1n) is 11.6. The van der Waals surface area contributed by atoms with Gasteiger partial charge in [0.1, 0.15) is 17.3 Å². The Bertz CT molecular complexity index is 1010. The molecular weight excluding hydrogens is 404 g/mol. The van der Waals surface area contributed by atoms with E-state index < -0.39 is 11.5 Å². The number of para-hydroxylation sites is 2. The van der Waals surface area contributed by atoms with Gasteiger partial charge in [-0.25, -0.2) is 4.79 Å². The summed E-state index contributed by atoms with van der Waals surface area (Å²) < 4.78 is 11.6. The molecule has 0 aromatic heterocycles. The van der Waals surface area contributed by atoms with E-state index in [-0.39, 0.29) is 11.9 Å². The number of nitrogens with zero attached hydrogens (tertiary/aromatic N) is 2. The number of amides is 1. The van der Waals surface area contributed by atoms with Crippen molar-refractivity contribution < 1.29 is 19.1 Å². The maximum Gasteiger partial charge on any atom is 0.339 e. The molecule has 2 fully saturated rings. The van der Waals surface area contributed by atoms with Gasteiger partial charge in [0, 0.05) is 26.2 Å². The average molecular weight is 435 g/mol. The van der Waals surface area contributed by atoms with E-state index in [1.54, 1.807) is 13.2 Å². The van der Waals surface area contributed by atoms with Crippen LogP contribution in [0.1, 0.15) is 53.9 Å². The van der Waals surface area contributed by atoms with Crippen molar-refractivity contribution in [2.45, 2.75) is 43.6 Å². The zero-order valence-corrected chi connectivity index (χ0v) is 18.6. The van der Waals surface area contributed by atoms with Crippen molar-refractivity contribution in [3.05, 3.63) is 59.7 Å². The highest BCUT2D eigenvalue weighted by Gasteiger charge is 2.53. The van der Waals surface area contributed by atoms with Crippen molar-refractivity contribution in [3.63, 3.8) is 0 Å². The molecule has 168 valence electrons. The Morgan fingerprint density at radius 2 is 1.66 bits per heavy atom. The second-order valence-electron chi connectivity index (χ2n) is 9.02. The molecule has 0 radical (unpaired) electrons. The van der Waals surface area contributed by atoms with Gasteiger partial charge >= 0.3 is 5.97 Å². The Morgan fingerprint density at radius 3 is 2.41 bits per heavy atom. The van der Waals surface area contributed by atoms with Gasteiger partial charge in [-0.15, -0.1) is 0 Å². The number of fused-ring (bicyclic) bond motifs is 1. The molecule has 2 aliphatic heterocycles. The number of carbonyl (C=O) groups is 2. The van der Waals surface area contributed by atoms with Crippen LogP contribution < -0.4 is 9.64 Å². The molecule has 1 saturated carbocycles. The SMILES string of the molecule is COc1ccccc1N1CCN(C(=O)C2c3ccccc3C(=O)OC23CCCCC3)CC1. The lowest BCUT2D eigenvalue weighted by atomic mass is 9.69. The predicted molar refractivity (Wildman–Crippen MR) is 122 cm³/mol. The summed E-state index contributed by atoms with van der Waals surface area (Å²) in [7, 11) is 1.68. The lowest BCUT2D eigenvalue weighted by Crippen LogP contribution is -2.56. The summed E-state index contributed by atoms with van der Waals surface area (Å²) in [6.45, 7) is 2.76. The maximum absolute atomic E-state index is 14.0. The Morgan fingerprint density at radius 1 is 0.969 bits per heavy atom. The van der Waals surface area contributed by atoms with Gasteiger partial charge in [0.2, 0.25) is 5.91 Å². The number of esters is 1. The quantitative estimate of drug-likeness (QED) is 0.684. The largest absolute Gasteiger partial charge is 0.495 e. The highest BCUT2D eigenvalue weighted by molar-refractivity contribution is 5.98. The molecule has 6 heteroatoms. The van der Waals surface area contributed by atoms with E-state index in [2.05, 4.69) is 11.0 Å². The first kappa shape index (κ1) is 20.9. The summed E-state index contributed by atoms with van der Waals surface area (Å²) in [5, 5.41) is 0. The topological polar surface area (TPSA) is 59.1 Å². The Kier molecular flexibility index (Phi) is 5.53. The Hall–Kier alpha value is -3.02. The molecule has 1 atom stereocenters. The van der Waals surface area contributed by atoms with Gasteiger partial charge in [0.25, 0.3) is 0 Å². The van der Waals surface area contributed by atoms with Gasteiger partial charge in [-0.05, 0) is 49.4 Å². The number of hydrogen-bond donors (Lipinski definition) is 0. The van der Waals surface area contributed by atoms with Crippen LogP contribution in [0.2, 0.25) is 0 Å². The number of rotatable bonds is 3. The van der Waals surface area contributed by atoms with E-state index in [1.807, 2.05) is 41.3 Å². The van der Waals surface area contributed by atoms with Crippen molar-refractivity contribution >= 4 is 17.6 Å². The number of piperazine rings is 1. The molecule has 6 nitrogen and oxygen atoms in total. The maximum atomic E-state index is 14.0. The summed E-state index contributed by atoms with van der Waals surface area (Å²) in [5.74, 6) is 0.232. The van der Waals surface area contributed by atoms with Crippen LogP contribution in [0.3, 0.4) is 0 Å². The average Bonchev–Trinajstić information content (AvgIpc) is 2.84. The van der Waals surface area contributed by atoms with Crippen LogP contribution >= 0.6 is 0 Å². The number of ether oxygens (including phenoxy) is 2. The lowest BCUT2D eigenvalue weighted by molar-refractivity contribution is -0.143. The molecule has 32 heavy (non-hydrogen) atoms. The van der Waals surface area contributed by atoms with Crippen LogP contribution in [0.5, 0.6) is 5.75 Å². The molecule has 2 aromatic carbocycles. The van der Waals surface area contributed by atoms with E-state index in [4.69, 9.17) is 9.47 Å². The number of carbonyl (C=O) groups excluding carboxylic acids is 2. The smallest absolute Gasteiger partial charge is 0.339 e. The molecule has 1 aliphatic carbocycles. The highest BCUT2D eigenvalue weighted by Crippen LogP contribution is 2.48. The van der Waals surface area contributed by atoms with Crippen LogP contribution in [-0.2, 0) is 9.53 Å². The van der Waals surface area contributed by atoms with Crippen molar-refractivity contribution in [2.24, 2.45) is 0 Å².